The van der Waals surface area contributed by atoms with E-state index in [0.29, 0.717) is 18.7 Å². The summed E-state index contributed by atoms with van der Waals surface area (Å²) in [6, 6.07) is 5.16. The van der Waals surface area contributed by atoms with Gasteiger partial charge in [-0.3, -0.25) is 9.69 Å². The number of hydrogen-bond donors (Lipinski definition) is 1. The van der Waals surface area contributed by atoms with E-state index in [1.54, 1.807) is 6.07 Å². The first-order valence-corrected chi connectivity index (χ1v) is 6.40. The molecule has 6 heteroatoms. The number of carboxylic acid groups (broad SMARTS) is 1. The van der Waals surface area contributed by atoms with E-state index in [9.17, 15) is 18.0 Å². The maximum absolute atomic E-state index is 12.7. The summed E-state index contributed by atoms with van der Waals surface area (Å²) in [5.41, 5.74) is -0.0435. The van der Waals surface area contributed by atoms with Crippen molar-refractivity contribution in [3.05, 3.63) is 35.4 Å². The van der Waals surface area contributed by atoms with Crippen LogP contribution in [0.3, 0.4) is 0 Å². The van der Waals surface area contributed by atoms with Gasteiger partial charge in [0.15, 0.2) is 0 Å². The van der Waals surface area contributed by atoms with Crippen LogP contribution in [-0.2, 0) is 11.0 Å². The molecule has 1 saturated heterocycles. The lowest BCUT2D eigenvalue weighted by molar-refractivity contribution is -0.140. The molecule has 0 radical (unpaired) electrons. The standard InChI is InChI=1S/C14H16F3NO2/c1-9(18-7-10(8-18)5-13(19)20)11-3-2-4-12(6-11)14(15,16)17/h2-4,6,9-10H,5,7-8H2,1H3,(H,19,20). The van der Waals surface area contributed by atoms with Gasteiger partial charge in [0.05, 0.1) is 12.0 Å². The molecule has 0 aliphatic carbocycles. The number of carboxylic acids is 1. The van der Waals surface area contributed by atoms with Gasteiger partial charge in [0, 0.05) is 19.1 Å². The Labute approximate surface area is 115 Å². The number of nitrogens with zero attached hydrogens (tertiary/aromatic N) is 1. The summed E-state index contributed by atoms with van der Waals surface area (Å²) in [6.07, 6.45) is -4.22. The molecule has 1 aromatic rings. The second-order valence-electron chi connectivity index (χ2n) is 5.22. The van der Waals surface area contributed by atoms with Crippen LogP contribution in [0.4, 0.5) is 13.2 Å². The predicted molar refractivity (Wildman–Crippen MR) is 67.2 cm³/mol. The van der Waals surface area contributed by atoms with E-state index in [2.05, 4.69) is 0 Å². The summed E-state index contributed by atoms with van der Waals surface area (Å²) in [6.45, 7) is 3.07. The van der Waals surface area contributed by atoms with Gasteiger partial charge in [-0.2, -0.15) is 13.2 Å². The van der Waals surface area contributed by atoms with Crippen LogP contribution >= 0.6 is 0 Å². The Morgan fingerprint density at radius 3 is 2.65 bits per heavy atom. The Morgan fingerprint density at radius 1 is 1.45 bits per heavy atom. The lowest BCUT2D eigenvalue weighted by atomic mass is 9.92. The number of rotatable bonds is 4. The van der Waals surface area contributed by atoms with Crippen molar-refractivity contribution in [3.63, 3.8) is 0 Å². The molecule has 1 unspecified atom stereocenters. The molecule has 3 nitrogen and oxygen atoms in total. The molecule has 1 heterocycles. The quantitative estimate of drug-likeness (QED) is 0.924. The highest BCUT2D eigenvalue weighted by molar-refractivity contribution is 5.67. The zero-order valence-electron chi connectivity index (χ0n) is 11.0. The maximum Gasteiger partial charge on any atom is 0.416 e. The zero-order chi connectivity index (χ0) is 14.9. The van der Waals surface area contributed by atoms with Crippen LogP contribution in [0.1, 0.15) is 30.5 Å². The Bertz CT molecular complexity index is 495. The molecule has 0 spiro atoms. The average Bonchev–Trinajstić information content (AvgIpc) is 2.31. The van der Waals surface area contributed by atoms with Gasteiger partial charge in [-0.1, -0.05) is 12.1 Å². The number of benzene rings is 1. The summed E-state index contributed by atoms with van der Waals surface area (Å²) in [7, 11) is 0. The highest BCUT2D eigenvalue weighted by Crippen LogP contribution is 2.34. The molecular weight excluding hydrogens is 271 g/mol. The number of alkyl halides is 3. The van der Waals surface area contributed by atoms with Crippen LogP contribution in [0, 0.1) is 5.92 Å². The normalized spacial score (nSPS) is 18.6. The van der Waals surface area contributed by atoms with Crippen LogP contribution in [0.15, 0.2) is 24.3 Å². The molecule has 0 bridgehead atoms. The first kappa shape index (κ1) is 14.8. The monoisotopic (exact) mass is 287 g/mol. The van der Waals surface area contributed by atoms with E-state index in [0.717, 1.165) is 12.1 Å². The van der Waals surface area contributed by atoms with Crippen molar-refractivity contribution in [1.29, 1.82) is 0 Å². The number of likely N-dealkylation sites (tertiary alicyclic amines) is 1. The van der Waals surface area contributed by atoms with Crippen molar-refractivity contribution in [3.8, 4) is 0 Å². The van der Waals surface area contributed by atoms with Crippen LogP contribution in [0.25, 0.3) is 0 Å². The summed E-state index contributed by atoms with van der Waals surface area (Å²) in [5.74, 6) is -0.734. The maximum atomic E-state index is 12.7. The zero-order valence-corrected chi connectivity index (χ0v) is 11.0. The molecule has 110 valence electrons. The lowest BCUT2D eigenvalue weighted by Gasteiger charge is -2.43. The van der Waals surface area contributed by atoms with E-state index < -0.39 is 17.7 Å². The van der Waals surface area contributed by atoms with Crippen molar-refractivity contribution in [2.45, 2.75) is 25.6 Å². The first-order valence-electron chi connectivity index (χ1n) is 6.40. The van der Waals surface area contributed by atoms with Crippen LogP contribution in [0.5, 0.6) is 0 Å². The van der Waals surface area contributed by atoms with Gasteiger partial charge < -0.3 is 5.11 Å². The minimum Gasteiger partial charge on any atom is -0.481 e. The third-order valence-electron chi connectivity index (χ3n) is 3.69. The van der Waals surface area contributed by atoms with Crippen molar-refractivity contribution in [2.24, 2.45) is 5.92 Å². The van der Waals surface area contributed by atoms with Crippen LogP contribution in [0.2, 0.25) is 0 Å². The molecular formula is C14H16F3NO2. The fourth-order valence-corrected chi connectivity index (χ4v) is 2.49. The Morgan fingerprint density at radius 2 is 2.10 bits per heavy atom. The predicted octanol–water partition coefficient (Wildman–Crippen LogP) is 3.17. The number of hydrogen-bond acceptors (Lipinski definition) is 2. The molecule has 1 aliphatic heterocycles. The van der Waals surface area contributed by atoms with Crippen molar-refractivity contribution < 1.29 is 23.1 Å². The SMILES string of the molecule is CC(c1cccc(C(F)(F)F)c1)N1CC(CC(=O)O)C1. The second-order valence-corrected chi connectivity index (χ2v) is 5.22. The number of carbonyl (C=O) groups is 1. The molecule has 1 atom stereocenters. The second kappa shape index (κ2) is 5.44. The van der Waals surface area contributed by atoms with Crippen molar-refractivity contribution in [2.75, 3.05) is 13.1 Å². The third-order valence-corrected chi connectivity index (χ3v) is 3.69. The molecule has 1 aliphatic rings. The molecule has 0 aromatic heterocycles. The van der Waals surface area contributed by atoms with Crippen molar-refractivity contribution >= 4 is 5.97 Å². The third kappa shape index (κ3) is 3.30. The Kier molecular flexibility index (Phi) is 4.04. The fraction of sp³-hybridized carbons (Fsp3) is 0.500. The van der Waals surface area contributed by atoms with Gasteiger partial charge >= 0.3 is 12.1 Å². The summed E-state index contributed by atoms with van der Waals surface area (Å²) in [5, 5.41) is 8.67. The topological polar surface area (TPSA) is 40.5 Å². The van der Waals surface area contributed by atoms with E-state index >= 15 is 0 Å². The molecule has 1 fully saturated rings. The van der Waals surface area contributed by atoms with Gasteiger partial charge in [-0.05, 0) is 30.5 Å². The fourth-order valence-electron chi connectivity index (χ4n) is 2.49. The largest absolute Gasteiger partial charge is 0.481 e. The van der Waals surface area contributed by atoms with E-state index in [-0.39, 0.29) is 18.4 Å². The molecule has 0 saturated carbocycles. The summed E-state index contributed by atoms with van der Waals surface area (Å²) >= 11 is 0. The number of aliphatic carboxylic acids is 1. The molecule has 0 amide bonds. The summed E-state index contributed by atoms with van der Waals surface area (Å²) < 4.78 is 38.0. The van der Waals surface area contributed by atoms with Gasteiger partial charge in [-0.15, -0.1) is 0 Å². The average molecular weight is 287 g/mol. The minimum absolute atomic E-state index is 0.0979. The smallest absolute Gasteiger partial charge is 0.416 e. The number of halogens is 3. The highest BCUT2D eigenvalue weighted by Gasteiger charge is 2.34. The summed E-state index contributed by atoms with van der Waals surface area (Å²) in [4.78, 5) is 12.5. The van der Waals surface area contributed by atoms with Gasteiger partial charge in [0.2, 0.25) is 0 Å². The van der Waals surface area contributed by atoms with Gasteiger partial charge in [0.25, 0.3) is 0 Å². The van der Waals surface area contributed by atoms with Gasteiger partial charge in [0.1, 0.15) is 0 Å². The first-order chi connectivity index (χ1) is 9.27. The molecule has 1 aromatic carbocycles. The van der Waals surface area contributed by atoms with Crippen molar-refractivity contribution in [1.82, 2.24) is 4.90 Å². The van der Waals surface area contributed by atoms with Crippen LogP contribution in [-0.4, -0.2) is 29.1 Å². The Balaban J connectivity index is 2.01. The van der Waals surface area contributed by atoms with E-state index in [1.807, 2.05) is 11.8 Å². The molecule has 2 rings (SSSR count). The molecule has 20 heavy (non-hydrogen) atoms. The van der Waals surface area contributed by atoms with E-state index in [1.165, 1.54) is 6.07 Å². The van der Waals surface area contributed by atoms with E-state index in [4.69, 9.17) is 5.11 Å². The highest BCUT2D eigenvalue weighted by atomic mass is 19.4. The molecule has 1 N–H and O–H groups in total. The van der Waals surface area contributed by atoms with Gasteiger partial charge in [-0.25, -0.2) is 0 Å². The minimum atomic E-state index is -4.34. The van der Waals surface area contributed by atoms with Crippen LogP contribution < -0.4 is 0 Å². The lowest BCUT2D eigenvalue weighted by Crippen LogP contribution is -2.48. The Hall–Kier alpha value is -1.56.